The average Bonchev–Trinajstić information content (AvgIpc) is 3.32. The maximum Gasteiger partial charge on any atom is 0.345 e. The molecular weight excluding hydrogens is 590 g/mol. The summed E-state index contributed by atoms with van der Waals surface area (Å²) in [6.07, 6.45) is -10.7. The highest BCUT2D eigenvalue weighted by Gasteiger charge is 2.72. The minimum absolute atomic E-state index is 0.0439. The van der Waals surface area contributed by atoms with Crippen LogP contribution in [0.1, 0.15) is 37.3 Å². The van der Waals surface area contributed by atoms with E-state index >= 15 is 0 Å². The third-order valence-electron chi connectivity index (χ3n) is 9.00. The summed E-state index contributed by atoms with van der Waals surface area (Å²) in [5.74, 6) is -6.20. The van der Waals surface area contributed by atoms with Crippen molar-refractivity contribution in [1.82, 2.24) is 4.90 Å². The first-order valence-electron chi connectivity index (χ1n) is 13.8. The lowest BCUT2D eigenvalue weighted by Crippen LogP contribution is -2.74. The predicted octanol–water partition coefficient (Wildman–Crippen LogP) is -1.87. The van der Waals surface area contributed by atoms with Crippen LogP contribution in [0.2, 0.25) is 0 Å². The number of likely N-dealkylation sites (tertiary alicyclic amines) is 1. The lowest BCUT2D eigenvalue weighted by Gasteiger charge is -2.61. The van der Waals surface area contributed by atoms with Crippen molar-refractivity contribution >= 4 is 23.9 Å². The largest absolute Gasteiger partial charge is 0.504 e. The molecule has 0 radical (unpaired) electrons. The van der Waals surface area contributed by atoms with E-state index in [1.165, 1.54) is 12.1 Å². The van der Waals surface area contributed by atoms with Gasteiger partial charge in [-0.25, -0.2) is 14.4 Å². The van der Waals surface area contributed by atoms with Gasteiger partial charge in [0, 0.05) is 18.0 Å². The van der Waals surface area contributed by atoms with E-state index < -0.39 is 78.1 Å². The van der Waals surface area contributed by atoms with Gasteiger partial charge < -0.3 is 59.6 Å². The van der Waals surface area contributed by atoms with Crippen molar-refractivity contribution in [3.63, 3.8) is 0 Å². The van der Waals surface area contributed by atoms with Crippen LogP contribution >= 0.6 is 0 Å². The Kier molecular flexibility index (Phi) is 8.11. The van der Waals surface area contributed by atoms with Crippen LogP contribution in [0.25, 0.3) is 0 Å². The number of aliphatic hydroxyl groups is 4. The predicted molar refractivity (Wildman–Crippen MR) is 141 cm³/mol. The van der Waals surface area contributed by atoms with Gasteiger partial charge in [-0.1, -0.05) is 6.07 Å². The van der Waals surface area contributed by atoms with Crippen molar-refractivity contribution in [2.24, 2.45) is 0 Å². The Morgan fingerprint density at radius 3 is 2.50 bits per heavy atom. The van der Waals surface area contributed by atoms with Crippen LogP contribution in [0, 0.1) is 0 Å². The number of rotatable bonds is 11. The SMILES string of the molecule is C[C@H](OC(O)[C@H](O)[C@@H](O)C(=O)OC1=CC[C@@]2(O)[C@H]3Cc4ccc(O)c5c4C2(CCN3C)[C@H]1O5)C(=O)O[C@@H](CC(=O)O)C(=O)O. The molecule has 240 valence electrons. The fraction of sp³-hybridized carbons (Fsp3) is 0.571. The number of esters is 2. The van der Waals surface area contributed by atoms with Gasteiger partial charge in [-0.05, 0) is 51.1 Å². The van der Waals surface area contributed by atoms with Crippen molar-refractivity contribution in [3.05, 3.63) is 35.1 Å². The number of phenols is 1. The van der Waals surface area contributed by atoms with E-state index in [2.05, 4.69) is 4.74 Å². The quantitative estimate of drug-likeness (QED) is 0.105. The molecule has 0 saturated carbocycles. The van der Waals surface area contributed by atoms with Crippen molar-refractivity contribution in [3.8, 4) is 11.5 Å². The standard InChI is InChI=1S/C28H33NO15/c1-11(24(37)43-15(23(35)36)10-17(31)32)41-25(38)19(33)20(34)26(39)42-14-5-6-28(40)16-9-12-3-4-13(30)21-18(12)27(28,22(14)44-21)7-8-29(16)2/h3-5,11,15-16,19-20,22,25,30,33-34,38,40H,6-10H2,1-2H3,(H,31,32)(H,35,36)/t11-,15-,16+,19+,20+,22-,25?,27?,28+/m0/s1. The van der Waals surface area contributed by atoms with Gasteiger partial charge >= 0.3 is 23.9 Å². The second kappa shape index (κ2) is 11.3. The molecule has 2 bridgehead atoms. The Morgan fingerprint density at radius 1 is 1.14 bits per heavy atom. The summed E-state index contributed by atoms with van der Waals surface area (Å²) in [5.41, 5.74) is -0.930. The van der Waals surface area contributed by atoms with Crippen molar-refractivity contribution in [1.29, 1.82) is 0 Å². The van der Waals surface area contributed by atoms with Crippen LogP contribution in [-0.4, -0.2) is 127 Å². The van der Waals surface area contributed by atoms with E-state index in [-0.39, 0.29) is 29.7 Å². The highest BCUT2D eigenvalue weighted by atomic mass is 16.7. The Bertz CT molecular complexity index is 1410. The molecule has 16 nitrogen and oxygen atoms in total. The molecule has 2 heterocycles. The zero-order valence-corrected chi connectivity index (χ0v) is 23.7. The van der Waals surface area contributed by atoms with Gasteiger partial charge in [0.2, 0.25) is 6.10 Å². The first-order valence-corrected chi connectivity index (χ1v) is 13.8. The Morgan fingerprint density at radius 2 is 1.84 bits per heavy atom. The number of carbonyl (C=O) groups is 4. The normalized spacial score (nSPS) is 30.0. The number of phenolic OH excluding ortho intramolecular Hbond substituents is 1. The smallest absolute Gasteiger partial charge is 0.345 e. The molecule has 7 N–H and O–H groups in total. The molecule has 1 aromatic rings. The molecule has 0 amide bonds. The van der Waals surface area contributed by atoms with Crippen LogP contribution in [-0.2, 0) is 45.2 Å². The molecule has 1 saturated heterocycles. The van der Waals surface area contributed by atoms with Gasteiger partial charge in [0.15, 0.2) is 36.1 Å². The van der Waals surface area contributed by atoms with Gasteiger partial charge in [-0.15, -0.1) is 0 Å². The number of hydrogen-bond acceptors (Lipinski definition) is 14. The van der Waals surface area contributed by atoms with Gasteiger partial charge in [-0.2, -0.15) is 0 Å². The number of likely N-dealkylation sites (N-methyl/N-ethyl adjacent to an activating group) is 1. The van der Waals surface area contributed by atoms with E-state index in [4.69, 9.17) is 24.4 Å². The maximum absolute atomic E-state index is 13.0. The van der Waals surface area contributed by atoms with Crippen molar-refractivity contribution in [2.75, 3.05) is 13.6 Å². The van der Waals surface area contributed by atoms with Crippen LogP contribution in [0.4, 0.5) is 0 Å². The fourth-order valence-corrected chi connectivity index (χ4v) is 6.83. The van der Waals surface area contributed by atoms with E-state index in [1.54, 1.807) is 6.07 Å². The molecule has 2 aliphatic heterocycles. The zero-order chi connectivity index (χ0) is 32.3. The second-order valence-electron chi connectivity index (χ2n) is 11.5. The summed E-state index contributed by atoms with van der Waals surface area (Å²) in [5, 5.41) is 71.6. The number of nitrogens with zero attached hydrogens (tertiary/aromatic N) is 1. The number of aliphatic carboxylic acids is 2. The van der Waals surface area contributed by atoms with Gasteiger partial charge in [0.25, 0.3) is 0 Å². The van der Waals surface area contributed by atoms with Crippen LogP contribution in [0.5, 0.6) is 11.5 Å². The summed E-state index contributed by atoms with van der Waals surface area (Å²) < 4.78 is 21.0. The maximum atomic E-state index is 13.0. The Hall–Kier alpha value is -3.80. The molecule has 2 unspecified atom stereocenters. The summed E-state index contributed by atoms with van der Waals surface area (Å²) in [6, 6.07) is 2.95. The summed E-state index contributed by atoms with van der Waals surface area (Å²) in [7, 11) is 1.90. The van der Waals surface area contributed by atoms with Gasteiger partial charge in [0.05, 0.1) is 17.4 Å². The number of benzene rings is 1. The molecule has 1 fully saturated rings. The Balaban J connectivity index is 1.29. The Labute approximate surface area is 249 Å². The minimum Gasteiger partial charge on any atom is -0.504 e. The van der Waals surface area contributed by atoms with Crippen molar-refractivity contribution < 1.29 is 73.9 Å². The summed E-state index contributed by atoms with van der Waals surface area (Å²) >= 11 is 0. The average molecular weight is 624 g/mol. The fourth-order valence-electron chi connectivity index (χ4n) is 6.83. The summed E-state index contributed by atoms with van der Waals surface area (Å²) in [4.78, 5) is 49.1. The first-order chi connectivity index (χ1) is 20.6. The van der Waals surface area contributed by atoms with Gasteiger partial charge in [0.1, 0.15) is 11.9 Å². The molecule has 1 aromatic carbocycles. The topological polar surface area (TPSA) is 250 Å². The van der Waals surface area contributed by atoms with Crippen LogP contribution in [0.15, 0.2) is 24.0 Å². The zero-order valence-electron chi connectivity index (χ0n) is 23.7. The number of carbonyl (C=O) groups excluding carboxylic acids is 2. The number of piperidine rings is 1. The van der Waals surface area contributed by atoms with E-state index in [9.17, 15) is 44.7 Å². The van der Waals surface area contributed by atoms with Crippen molar-refractivity contribution in [2.45, 2.75) is 86.5 Å². The molecule has 0 aromatic heterocycles. The van der Waals surface area contributed by atoms with E-state index in [1.807, 2.05) is 11.9 Å². The molecular formula is C28H33NO15. The van der Waals surface area contributed by atoms with E-state index in [0.29, 0.717) is 24.9 Å². The molecule has 16 heteroatoms. The second-order valence-corrected chi connectivity index (χ2v) is 11.5. The number of ether oxygens (including phenoxy) is 4. The van der Waals surface area contributed by atoms with E-state index in [0.717, 1.165) is 12.5 Å². The monoisotopic (exact) mass is 623 g/mol. The lowest BCUT2D eigenvalue weighted by molar-refractivity contribution is -0.221. The van der Waals surface area contributed by atoms with Crippen LogP contribution < -0.4 is 4.74 Å². The number of aromatic hydroxyl groups is 1. The minimum atomic E-state index is -2.42. The molecule has 9 atom stereocenters. The highest BCUT2D eigenvalue weighted by molar-refractivity contribution is 5.84. The van der Waals surface area contributed by atoms with Gasteiger partial charge in [-0.3, -0.25) is 4.79 Å². The third kappa shape index (κ3) is 4.87. The molecule has 44 heavy (non-hydrogen) atoms. The first kappa shape index (κ1) is 31.6. The molecule has 4 aliphatic rings. The molecule has 2 aliphatic carbocycles. The third-order valence-corrected chi connectivity index (χ3v) is 9.00. The van der Waals surface area contributed by atoms with Crippen LogP contribution in [0.3, 0.4) is 0 Å². The number of carboxylic acids is 2. The number of hydrogen-bond donors (Lipinski definition) is 7. The number of carboxylic acid groups (broad SMARTS) is 2. The molecule has 5 rings (SSSR count). The highest BCUT2D eigenvalue weighted by Crippen LogP contribution is 2.65. The number of aliphatic hydroxyl groups excluding tert-OH is 3. The summed E-state index contributed by atoms with van der Waals surface area (Å²) in [6.45, 7) is 1.56. The molecule has 1 spiro atoms. The lowest BCUT2D eigenvalue weighted by atomic mass is 9.50.